The predicted octanol–water partition coefficient (Wildman–Crippen LogP) is 3.00. The van der Waals surface area contributed by atoms with Crippen molar-refractivity contribution in [3.05, 3.63) is 35.4 Å². The van der Waals surface area contributed by atoms with Gasteiger partial charge in [-0.25, -0.2) is 8.78 Å². The highest BCUT2D eigenvalue weighted by Gasteiger charge is 2.20. The van der Waals surface area contributed by atoms with Gasteiger partial charge in [0.25, 0.3) is 0 Å². The Hall–Kier alpha value is -1.49. The SMILES string of the molecule is CCCC(N)CC(=O)N(C)C(C)c1ccc(F)c(F)c1. The number of nitrogens with two attached hydrogens (primary N) is 1. The van der Waals surface area contributed by atoms with Crippen molar-refractivity contribution in [2.75, 3.05) is 7.05 Å². The Labute approximate surface area is 118 Å². The zero-order valence-electron chi connectivity index (χ0n) is 12.2. The zero-order chi connectivity index (χ0) is 15.3. The maximum Gasteiger partial charge on any atom is 0.224 e. The van der Waals surface area contributed by atoms with Gasteiger partial charge in [-0.2, -0.15) is 0 Å². The van der Waals surface area contributed by atoms with E-state index in [1.165, 1.54) is 11.0 Å². The Bertz CT molecular complexity index is 465. The lowest BCUT2D eigenvalue weighted by Crippen LogP contribution is -2.34. The van der Waals surface area contributed by atoms with Crippen LogP contribution >= 0.6 is 0 Å². The van der Waals surface area contributed by atoms with Gasteiger partial charge in [-0.1, -0.05) is 19.4 Å². The fourth-order valence-corrected chi connectivity index (χ4v) is 2.05. The van der Waals surface area contributed by atoms with E-state index in [9.17, 15) is 13.6 Å². The number of benzene rings is 1. The average Bonchev–Trinajstić information content (AvgIpc) is 2.40. The van der Waals surface area contributed by atoms with E-state index >= 15 is 0 Å². The van der Waals surface area contributed by atoms with Crippen molar-refractivity contribution in [2.24, 2.45) is 5.73 Å². The summed E-state index contributed by atoms with van der Waals surface area (Å²) in [6.45, 7) is 3.79. The molecule has 0 saturated carbocycles. The van der Waals surface area contributed by atoms with Gasteiger partial charge in [-0.15, -0.1) is 0 Å². The summed E-state index contributed by atoms with van der Waals surface area (Å²) in [5.41, 5.74) is 6.41. The van der Waals surface area contributed by atoms with Crippen LogP contribution in [-0.2, 0) is 4.79 Å². The molecule has 0 aliphatic heterocycles. The molecular formula is C15H22F2N2O. The quantitative estimate of drug-likeness (QED) is 0.873. The second kappa shape index (κ2) is 7.33. The van der Waals surface area contributed by atoms with Gasteiger partial charge in [-0.3, -0.25) is 4.79 Å². The largest absolute Gasteiger partial charge is 0.339 e. The number of nitrogens with zero attached hydrogens (tertiary/aromatic N) is 1. The minimum absolute atomic E-state index is 0.0943. The second-order valence-electron chi connectivity index (χ2n) is 5.11. The van der Waals surface area contributed by atoms with Crippen molar-refractivity contribution in [1.82, 2.24) is 4.90 Å². The summed E-state index contributed by atoms with van der Waals surface area (Å²) in [6.07, 6.45) is 1.98. The highest BCUT2D eigenvalue weighted by atomic mass is 19.2. The Morgan fingerprint density at radius 2 is 2.00 bits per heavy atom. The normalized spacial score (nSPS) is 13.9. The van der Waals surface area contributed by atoms with Gasteiger partial charge < -0.3 is 10.6 Å². The lowest BCUT2D eigenvalue weighted by molar-refractivity contribution is -0.132. The monoisotopic (exact) mass is 284 g/mol. The molecule has 0 bridgehead atoms. The molecular weight excluding hydrogens is 262 g/mol. The van der Waals surface area contributed by atoms with Crippen LogP contribution in [0, 0.1) is 11.6 Å². The van der Waals surface area contributed by atoms with Crippen molar-refractivity contribution in [1.29, 1.82) is 0 Å². The lowest BCUT2D eigenvalue weighted by Gasteiger charge is -2.26. The maximum atomic E-state index is 13.2. The summed E-state index contributed by atoms with van der Waals surface area (Å²) < 4.78 is 26.1. The van der Waals surface area contributed by atoms with Crippen molar-refractivity contribution < 1.29 is 13.6 Å². The van der Waals surface area contributed by atoms with Crippen LogP contribution in [0.1, 0.15) is 44.7 Å². The van der Waals surface area contributed by atoms with E-state index in [1.807, 2.05) is 6.92 Å². The highest BCUT2D eigenvalue weighted by Crippen LogP contribution is 2.21. The topological polar surface area (TPSA) is 46.3 Å². The molecule has 0 aliphatic rings. The molecule has 0 radical (unpaired) electrons. The third-order valence-electron chi connectivity index (χ3n) is 3.50. The number of hydrogen-bond acceptors (Lipinski definition) is 2. The molecule has 2 unspecified atom stereocenters. The van der Waals surface area contributed by atoms with Crippen LogP contribution in [0.4, 0.5) is 8.78 Å². The summed E-state index contributed by atoms with van der Waals surface area (Å²) in [6, 6.07) is 3.19. The van der Waals surface area contributed by atoms with E-state index in [0.717, 1.165) is 25.0 Å². The number of rotatable bonds is 6. The molecule has 2 N–H and O–H groups in total. The van der Waals surface area contributed by atoms with Crippen LogP contribution < -0.4 is 5.73 Å². The first-order valence-corrected chi connectivity index (χ1v) is 6.83. The first-order chi connectivity index (χ1) is 9.36. The van der Waals surface area contributed by atoms with Crippen LogP contribution in [0.15, 0.2) is 18.2 Å². The number of hydrogen-bond donors (Lipinski definition) is 1. The molecule has 20 heavy (non-hydrogen) atoms. The van der Waals surface area contributed by atoms with Gasteiger partial charge in [0.2, 0.25) is 5.91 Å². The second-order valence-corrected chi connectivity index (χ2v) is 5.11. The first kappa shape index (κ1) is 16.6. The molecule has 0 aromatic heterocycles. The number of carbonyl (C=O) groups is 1. The first-order valence-electron chi connectivity index (χ1n) is 6.83. The summed E-state index contributed by atoms with van der Waals surface area (Å²) in [7, 11) is 1.65. The summed E-state index contributed by atoms with van der Waals surface area (Å²) in [5.74, 6) is -1.89. The van der Waals surface area contributed by atoms with Crippen LogP contribution in [0.2, 0.25) is 0 Å². The van der Waals surface area contributed by atoms with Gasteiger partial charge in [0.05, 0.1) is 6.04 Å². The van der Waals surface area contributed by atoms with Crippen molar-refractivity contribution in [2.45, 2.75) is 45.2 Å². The summed E-state index contributed by atoms with van der Waals surface area (Å²) in [5, 5.41) is 0. The van der Waals surface area contributed by atoms with E-state index in [4.69, 9.17) is 5.73 Å². The summed E-state index contributed by atoms with van der Waals surface area (Å²) >= 11 is 0. The van der Waals surface area contributed by atoms with E-state index in [1.54, 1.807) is 14.0 Å². The van der Waals surface area contributed by atoms with E-state index < -0.39 is 11.6 Å². The number of halogens is 2. The molecule has 2 atom stereocenters. The van der Waals surface area contributed by atoms with Gasteiger partial charge in [0.15, 0.2) is 11.6 Å². The summed E-state index contributed by atoms with van der Waals surface area (Å²) in [4.78, 5) is 13.6. The molecule has 1 rings (SSSR count). The number of amides is 1. The van der Waals surface area contributed by atoms with E-state index in [0.29, 0.717) is 5.56 Å². The minimum atomic E-state index is -0.905. The van der Waals surface area contributed by atoms with Crippen molar-refractivity contribution >= 4 is 5.91 Å². The van der Waals surface area contributed by atoms with Gasteiger partial charge in [0, 0.05) is 19.5 Å². The fourth-order valence-electron chi connectivity index (χ4n) is 2.05. The zero-order valence-corrected chi connectivity index (χ0v) is 12.2. The minimum Gasteiger partial charge on any atom is -0.339 e. The highest BCUT2D eigenvalue weighted by molar-refractivity contribution is 5.77. The third-order valence-corrected chi connectivity index (χ3v) is 3.50. The third kappa shape index (κ3) is 4.27. The molecule has 0 saturated heterocycles. The Kier molecular flexibility index (Phi) is 6.07. The van der Waals surface area contributed by atoms with Crippen molar-refractivity contribution in [3.8, 4) is 0 Å². The standard InChI is InChI=1S/C15H22F2N2O/c1-4-5-12(18)9-15(20)19(3)10(2)11-6-7-13(16)14(17)8-11/h6-8,10,12H,4-5,9,18H2,1-3H3. The van der Waals surface area contributed by atoms with E-state index in [-0.39, 0.29) is 24.4 Å². The molecule has 0 spiro atoms. The predicted molar refractivity (Wildman–Crippen MR) is 75.0 cm³/mol. The van der Waals surface area contributed by atoms with Gasteiger partial charge in [-0.05, 0) is 31.0 Å². The molecule has 1 aromatic rings. The number of carbonyl (C=O) groups excluding carboxylic acids is 1. The maximum absolute atomic E-state index is 13.2. The van der Waals surface area contributed by atoms with Gasteiger partial charge >= 0.3 is 0 Å². The van der Waals surface area contributed by atoms with E-state index in [2.05, 4.69) is 0 Å². The van der Waals surface area contributed by atoms with Crippen LogP contribution in [-0.4, -0.2) is 23.9 Å². The van der Waals surface area contributed by atoms with Crippen molar-refractivity contribution in [3.63, 3.8) is 0 Å². The molecule has 0 fully saturated rings. The molecule has 112 valence electrons. The molecule has 0 heterocycles. The molecule has 1 aromatic carbocycles. The fraction of sp³-hybridized carbons (Fsp3) is 0.533. The van der Waals surface area contributed by atoms with Crippen LogP contribution in [0.3, 0.4) is 0 Å². The molecule has 5 heteroatoms. The molecule has 3 nitrogen and oxygen atoms in total. The Balaban J connectivity index is 2.72. The van der Waals surface area contributed by atoms with Crippen LogP contribution in [0.25, 0.3) is 0 Å². The molecule has 1 amide bonds. The lowest BCUT2D eigenvalue weighted by atomic mass is 10.0. The van der Waals surface area contributed by atoms with Gasteiger partial charge in [0.1, 0.15) is 0 Å². The molecule has 0 aliphatic carbocycles. The van der Waals surface area contributed by atoms with Crippen LogP contribution in [0.5, 0.6) is 0 Å². The smallest absolute Gasteiger partial charge is 0.224 e. The Morgan fingerprint density at radius 1 is 1.35 bits per heavy atom. The average molecular weight is 284 g/mol. The Morgan fingerprint density at radius 3 is 2.55 bits per heavy atom.